The van der Waals surface area contributed by atoms with E-state index in [0.717, 1.165) is 22.2 Å². The van der Waals surface area contributed by atoms with Crippen molar-refractivity contribution in [3.63, 3.8) is 0 Å². The van der Waals surface area contributed by atoms with Crippen molar-refractivity contribution in [2.24, 2.45) is 7.05 Å². The maximum absolute atomic E-state index is 12.8. The molecule has 0 saturated heterocycles. The van der Waals surface area contributed by atoms with Crippen molar-refractivity contribution in [1.82, 2.24) is 20.1 Å². The zero-order valence-electron chi connectivity index (χ0n) is 16.8. The predicted molar refractivity (Wildman–Crippen MR) is 115 cm³/mol. The average Bonchev–Trinajstić information content (AvgIpc) is 3.38. The minimum atomic E-state index is -0.253. The summed E-state index contributed by atoms with van der Waals surface area (Å²) in [6, 6.07) is 14.3. The van der Waals surface area contributed by atoms with Gasteiger partial charge in [-0.25, -0.2) is 0 Å². The maximum atomic E-state index is 12.8. The fraction of sp³-hybridized carbons (Fsp3) is 0.136. The zero-order chi connectivity index (χ0) is 21.3. The third-order valence-corrected chi connectivity index (χ3v) is 4.80. The Hall–Kier alpha value is -4.07. The topological polar surface area (TPSA) is 101 Å². The minimum Gasteiger partial charge on any atom is -0.496 e. The molecule has 8 heteroatoms. The van der Waals surface area contributed by atoms with E-state index >= 15 is 0 Å². The van der Waals surface area contributed by atoms with E-state index in [1.165, 1.54) is 0 Å². The van der Waals surface area contributed by atoms with Crippen LogP contribution >= 0.6 is 0 Å². The molecular formula is C22H21N5O3. The highest BCUT2D eigenvalue weighted by Gasteiger charge is 2.14. The normalized spacial score (nSPS) is 10.8. The monoisotopic (exact) mass is 403 g/mol. The Balaban J connectivity index is 1.61. The number of hydrogen-bond donors (Lipinski definition) is 3. The van der Waals surface area contributed by atoms with Crippen LogP contribution in [0.2, 0.25) is 0 Å². The van der Waals surface area contributed by atoms with Crippen LogP contribution in [-0.4, -0.2) is 40.7 Å². The van der Waals surface area contributed by atoms with Gasteiger partial charge in [-0.2, -0.15) is 5.10 Å². The van der Waals surface area contributed by atoms with Crippen molar-refractivity contribution < 1.29 is 14.3 Å². The molecule has 3 N–H and O–H groups in total. The second kappa shape index (κ2) is 7.75. The number of nitrogens with one attached hydrogen (secondary N) is 3. The summed E-state index contributed by atoms with van der Waals surface area (Å²) in [6.07, 6.45) is 1.83. The third kappa shape index (κ3) is 3.62. The molecular weight excluding hydrogens is 382 g/mol. The Morgan fingerprint density at radius 1 is 1.07 bits per heavy atom. The smallest absolute Gasteiger partial charge is 0.267 e. The summed E-state index contributed by atoms with van der Waals surface area (Å²) in [5.74, 6) is 0.189. The van der Waals surface area contributed by atoms with E-state index in [9.17, 15) is 9.59 Å². The fourth-order valence-corrected chi connectivity index (χ4v) is 3.28. The lowest BCUT2D eigenvalue weighted by Gasteiger charge is -2.10. The van der Waals surface area contributed by atoms with Gasteiger partial charge in [-0.3, -0.25) is 14.3 Å². The summed E-state index contributed by atoms with van der Waals surface area (Å²) < 4.78 is 7.12. The summed E-state index contributed by atoms with van der Waals surface area (Å²) in [5.41, 5.74) is 3.85. The molecule has 0 atom stereocenters. The average molecular weight is 403 g/mol. The molecule has 0 radical (unpaired) electrons. The number of methoxy groups -OCH3 is 1. The predicted octanol–water partition coefficient (Wildman–Crippen LogP) is 3.19. The first-order valence-electron chi connectivity index (χ1n) is 9.33. The second-order valence-electron chi connectivity index (χ2n) is 6.81. The molecule has 0 aliphatic carbocycles. The maximum Gasteiger partial charge on any atom is 0.267 e. The van der Waals surface area contributed by atoms with Crippen molar-refractivity contribution in [3.05, 3.63) is 66.0 Å². The lowest BCUT2D eigenvalue weighted by atomic mass is 10.1. The summed E-state index contributed by atoms with van der Waals surface area (Å²) in [6.45, 7) is 0. The number of benzene rings is 2. The summed E-state index contributed by atoms with van der Waals surface area (Å²) in [5, 5.41) is 10.7. The molecule has 8 nitrogen and oxygen atoms in total. The van der Waals surface area contributed by atoms with Crippen molar-refractivity contribution >= 4 is 28.4 Å². The molecule has 0 aliphatic heterocycles. The van der Waals surface area contributed by atoms with Gasteiger partial charge >= 0.3 is 0 Å². The fourth-order valence-electron chi connectivity index (χ4n) is 3.28. The number of hydrogen-bond acceptors (Lipinski definition) is 4. The molecule has 0 spiro atoms. The van der Waals surface area contributed by atoms with Crippen LogP contribution in [0, 0.1) is 0 Å². The summed E-state index contributed by atoms with van der Waals surface area (Å²) in [4.78, 5) is 27.7. The molecule has 2 heterocycles. The minimum absolute atomic E-state index is 0.197. The molecule has 0 fully saturated rings. The first-order chi connectivity index (χ1) is 14.5. The van der Waals surface area contributed by atoms with Crippen LogP contribution < -0.4 is 15.4 Å². The van der Waals surface area contributed by atoms with Gasteiger partial charge in [-0.05, 0) is 48.5 Å². The molecule has 152 valence electrons. The Morgan fingerprint density at radius 3 is 2.60 bits per heavy atom. The Kier molecular flexibility index (Phi) is 4.97. The van der Waals surface area contributed by atoms with Crippen LogP contribution in [0.15, 0.2) is 54.7 Å². The number of H-pyrrole nitrogens is 1. The highest BCUT2D eigenvalue weighted by Crippen LogP contribution is 2.30. The first-order valence-corrected chi connectivity index (χ1v) is 9.33. The van der Waals surface area contributed by atoms with Gasteiger partial charge in [0.25, 0.3) is 11.8 Å². The molecule has 2 amide bonds. The molecule has 2 aromatic heterocycles. The number of rotatable bonds is 5. The quantitative estimate of drug-likeness (QED) is 0.476. The van der Waals surface area contributed by atoms with E-state index in [0.29, 0.717) is 22.7 Å². The second-order valence-corrected chi connectivity index (χ2v) is 6.81. The van der Waals surface area contributed by atoms with Crippen LogP contribution in [0.5, 0.6) is 5.75 Å². The molecule has 4 rings (SSSR count). The van der Waals surface area contributed by atoms with E-state index in [-0.39, 0.29) is 11.8 Å². The highest BCUT2D eigenvalue weighted by atomic mass is 16.5. The van der Waals surface area contributed by atoms with Crippen LogP contribution in [-0.2, 0) is 7.05 Å². The number of ether oxygens (including phenoxy) is 1. The molecule has 4 aromatic rings. The van der Waals surface area contributed by atoms with E-state index < -0.39 is 0 Å². The van der Waals surface area contributed by atoms with Gasteiger partial charge in [0, 0.05) is 48.0 Å². The van der Waals surface area contributed by atoms with Crippen molar-refractivity contribution in [2.45, 2.75) is 0 Å². The molecule has 30 heavy (non-hydrogen) atoms. The standard InChI is InChI=1S/C22H21N5O3/c1-23-22(29)19-12-14-10-15(5-6-17(14)25-19)24-21(28)13-4-7-20(30-3)16(11-13)18-8-9-27(2)26-18/h4-12,25H,1-3H3,(H,23,29)(H,24,28). The molecule has 0 unspecified atom stereocenters. The van der Waals surface area contributed by atoms with Gasteiger partial charge in [0.2, 0.25) is 0 Å². The van der Waals surface area contributed by atoms with Crippen molar-refractivity contribution in [2.75, 3.05) is 19.5 Å². The summed E-state index contributed by atoms with van der Waals surface area (Å²) in [7, 11) is 4.99. The number of aromatic amines is 1. The lowest BCUT2D eigenvalue weighted by molar-refractivity contribution is 0.0958. The Labute approximate surface area is 172 Å². The molecule has 0 bridgehead atoms. The Bertz CT molecular complexity index is 1250. The number of fused-ring (bicyclic) bond motifs is 1. The van der Waals surface area contributed by atoms with Crippen LogP contribution in [0.3, 0.4) is 0 Å². The van der Waals surface area contributed by atoms with Crippen LogP contribution in [0.25, 0.3) is 22.2 Å². The third-order valence-electron chi connectivity index (χ3n) is 4.80. The van der Waals surface area contributed by atoms with Crippen LogP contribution in [0.1, 0.15) is 20.8 Å². The van der Waals surface area contributed by atoms with E-state index in [2.05, 4.69) is 20.7 Å². The highest BCUT2D eigenvalue weighted by molar-refractivity contribution is 6.06. The number of aryl methyl sites for hydroxylation is 1. The largest absolute Gasteiger partial charge is 0.496 e. The van der Waals surface area contributed by atoms with Gasteiger partial charge in [0.15, 0.2) is 0 Å². The van der Waals surface area contributed by atoms with Gasteiger partial charge in [-0.15, -0.1) is 0 Å². The SMILES string of the molecule is CNC(=O)c1cc2cc(NC(=O)c3ccc(OC)c(-c4ccn(C)n4)c3)ccc2[nH]1. The zero-order valence-corrected chi connectivity index (χ0v) is 16.8. The molecule has 0 saturated carbocycles. The van der Waals surface area contributed by atoms with E-state index in [1.807, 2.05) is 31.4 Å². The number of anilines is 1. The van der Waals surface area contributed by atoms with Gasteiger partial charge < -0.3 is 20.4 Å². The van der Waals surface area contributed by atoms with Gasteiger partial charge in [0.1, 0.15) is 11.4 Å². The summed E-state index contributed by atoms with van der Waals surface area (Å²) >= 11 is 0. The Morgan fingerprint density at radius 2 is 1.90 bits per heavy atom. The van der Waals surface area contributed by atoms with Crippen LogP contribution in [0.4, 0.5) is 5.69 Å². The van der Waals surface area contributed by atoms with Gasteiger partial charge in [0.05, 0.1) is 12.8 Å². The molecule has 2 aromatic carbocycles. The van der Waals surface area contributed by atoms with E-state index in [4.69, 9.17) is 4.74 Å². The lowest BCUT2D eigenvalue weighted by Crippen LogP contribution is -2.17. The van der Waals surface area contributed by atoms with Crippen molar-refractivity contribution in [1.29, 1.82) is 0 Å². The first kappa shape index (κ1) is 19.3. The number of nitrogens with zero attached hydrogens (tertiary/aromatic N) is 2. The number of amides is 2. The number of aromatic nitrogens is 3. The number of carbonyl (C=O) groups excluding carboxylic acids is 2. The number of carbonyl (C=O) groups is 2. The van der Waals surface area contributed by atoms with Gasteiger partial charge in [-0.1, -0.05) is 0 Å². The van der Waals surface area contributed by atoms with E-state index in [1.54, 1.807) is 49.2 Å². The van der Waals surface area contributed by atoms with Crippen molar-refractivity contribution in [3.8, 4) is 17.0 Å². The molecule has 0 aliphatic rings.